The first-order valence-corrected chi connectivity index (χ1v) is 5.03. The van der Waals surface area contributed by atoms with E-state index in [1.807, 2.05) is 0 Å². The highest BCUT2D eigenvalue weighted by atomic mass is 19.2. The standard InChI is InChI=1S/C10H18F3NO2/c1-7(2)9(14-8(3)15)16-10(4-11,5-12)6-13/h7,9H,4-6H2,1-3H3,(H,14,15). The predicted molar refractivity (Wildman–Crippen MR) is 54.2 cm³/mol. The summed E-state index contributed by atoms with van der Waals surface area (Å²) in [6.07, 6.45) is -0.903. The van der Waals surface area contributed by atoms with E-state index >= 15 is 0 Å². The van der Waals surface area contributed by atoms with Crippen molar-refractivity contribution < 1.29 is 22.7 Å². The first-order chi connectivity index (χ1) is 7.40. The Morgan fingerprint density at radius 1 is 1.25 bits per heavy atom. The van der Waals surface area contributed by atoms with Gasteiger partial charge in [-0.2, -0.15) is 0 Å². The molecule has 0 spiro atoms. The van der Waals surface area contributed by atoms with Crippen molar-refractivity contribution >= 4 is 5.91 Å². The largest absolute Gasteiger partial charge is 0.344 e. The summed E-state index contributed by atoms with van der Waals surface area (Å²) in [5.74, 6) is -0.614. The van der Waals surface area contributed by atoms with Crippen molar-refractivity contribution in [2.45, 2.75) is 32.6 Å². The molecule has 0 aromatic carbocycles. The average molecular weight is 241 g/mol. The highest BCUT2D eigenvalue weighted by Gasteiger charge is 2.36. The van der Waals surface area contributed by atoms with Crippen LogP contribution in [0.25, 0.3) is 0 Å². The van der Waals surface area contributed by atoms with E-state index in [-0.39, 0.29) is 5.92 Å². The predicted octanol–water partition coefficient (Wildman–Crippen LogP) is 1.77. The van der Waals surface area contributed by atoms with E-state index in [0.717, 1.165) is 0 Å². The van der Waals surface area contributed by atoms with Crippen molar-refractivity contribution in [1.29, 1.82) is 0 Å². The van der Waals surface area contributed by atoms with Crippen molar-refractivity contribution in [1.82, 2.24) is 5.32 Å². The number of alkyl halides is 3. The molecule has 0 aromatic heterocycles. The molecule has 3 nitrogen and oxygen atoms in total. The Hall–Kier alpha value is -0.780. The zero-order valence-corrected chi connectivity index (χ0v) is 9.73. The number of hydrogen-bond donors (Lipinski definition) is 1. The molecule has 1 atom stereocenters. The number of nitrogens with one attached hydrogen (secondary N) is 1. The van der Waals surface area contributed by atoms with E-state index in [4.69, 9.17) is 4.74 Å². The van der Waals surface area contributed by atoms with Crippen molar-refractivity contribution in [3.05, 3.63) is 0 Å². The summed E-state index contributed by atoms with van der Waals surface area (Å²) in [4.78, 5) is 10.8. The van der Waals surface area contributed by atoms with Gasteiger partial charge in [-0.3, -0.25) is 4.79 Å². The maximum atomic E-state index is 12.6. The number of ether oxygens (including phenoxy) is 1. The molecular weight excluding hydrogens is 223 g/mol. The molecule has 0 rings (SSSR count). The van der Waals surface area contributed by atoms with Gasteiger partial charge in [0.15, 0.2) is 5.60 Å². The number of rotatable bonds is 7. The highest BCUT2D eigenvalue weighted by molar-refractivity contribution is 5.73. The minimum Gasteiger partial charge on any atom is -0.344 e. The average Bonchev–Trinajstić information content (AvgIpc) is 2.24. The molecule has 0 aliphatic heterocycles. The van der Waals surface area contributed by atoms with Crippen LogP contribution < -0.4 is 5.32 Å². The summed E-state index contributed by atoms with van der Waals surface area (Å²) in [5, 5.41) is 2.38. The summed E-state index contributed by atoms with van der Waals surface area (Å²) in [5.41, 5.74) is -2.10. The number of hydrogen-bond acceptors (Lipinski definition) is 2. The van der Waals surface area contributed by atoms with E-state index in [1.165, 1.54) is 6.92 Å². The van der Waals surface area contributed by atoms with Crippen LogP contribution in [-0.2, 0) is 9.53 Å². The minimum atomic E-state index is -2.10. The first-order valence-electron chi connectivity index (χ1n) is 5.03. The van der Waals surface area contributed by atoms with Crippen LogP contribution in [0.2, 0.25) is 0 Å². The van der Waals surface area contributed by atoms with Crippen LogP contribution in [0.15, 0.2) is 0 Å². The van der Waals surface area contributed by atoms with Gasteiger partial charge in [-0.25, -0.2) is 13.2 Å². The van der Waals surface area contributed by atoms with Crippen molar-refractivity contribution in [3.63, 3.8) is 0 Å². The van der Waals surface area contributed by atoms with Gasteiger partial charge in [0.05, 0.1) is 0 Å². The smallest absolute Gasteiger partial charge is 0.218 e. The van der Waals surface area contributed by atoms with Crippen LogP contribution >= 0.6 is 0 Å². The molecule has 0 bridgehead atoms. The zero-order valence-electron chi connectivity index (χ0n) is 9.73. The van der Waals surface area contributed by atoms with Crippen LogP contribution in [-0.4, -0.2) is 37.8 Å². The fourth-order valence-corrected chi connectivity index (χ4v) is 1.00. The van der Waals surface area contributed by atoms with E-state index in [1.54, 1.807) is 13.8 Å². The topological polar surface area (TPSA) is 38.3 Å². The maximum Gasteiger partial charge on any atom is 0.218 e. The molecule has 0 heterocycles. The van der Waals surface area contributed by atoms with Gasteiger partial charge in [-0.05, 0) is 5.92 Å². The lowest BCUT2D eigenvalue weighted by molar-refractivity contribution is -0.158. The van der Waals surface area contributed by atoms with Gasteiger partial charge in [0.1, 0.15) is 26.3 Å². The Morgan fingerprint density at radius 2 is 1.69 bits per heavy atom. The van der Waals surface area contributed by atoms with E-state index in [0.29, 0.717) is 0 Å². The molecule has 16 heavy (non-hydrogen) atoms. The van der Waals surface area contributed by atoms with Gasteiger partial charge in [0.2, 0.25) is 5.91 Å². The molecule has 6 heteroatoms. The molecule has 0 aliphatic rings. The second-order valence-corrected chi connectivity index (χ2v) is 4.07. The third-order valence-electron chi connectivity index (χ3n) is 2.06. The Balaban J connectivity index is 4.63. The van der Waals surface area contributed by atoms with Gasteiger partial charge >= 0.3 is 0 Å². The number of carbonyl (C=O) groups is 1. The Bertz CT molecular complexity index is 212. The fourth-order valence-electron chi connectivity index (χ4n) is 1.00. The zero-order chi connectivity index (χ0) is 12.8. The number of halogens is 3. The molecule has 1 N–H and O–H groups in total. The van der Waals surface area contributed by atoms with Crippen LogP contribution in [0.1, 0.15) is 20.8 Å². The van der Waals surface area contributed by atoms with Crippen molar-refractivity contribution in [2.75, 3.05) is 20.0 Å². The van der Waals surface area contributed by atoms with Crippen molar-refractivity contribution in [2.24, 2.45) is 5.92 Å². The third kappa shape index (κ3) is 4.38. The summed E-state index contributed by atoms with van der Waals surface area (Å²) in [6.45, 7) is 0.815. The van der Waals surface area contributed by atoms with Crippen LogP contribution in [0.4, 0.5) is 13.2 Å². The second-order valence-electron chi connectivity index (χ2n) is 4.07. The summed E-state index contributed by atoms with van der Waals surface area (Å²) in [6, 6.07) is 0. The lowest BCUT2D eigenvalue weighted by Gasteiger charge is -2.32. The molecule has 96 valence electrons. The van der Waals surface area contributed by atoms with E-state index < -0.39 is 37.8 Å². The van der Waals surface area contributed by atoms with Gasteiger partial charge < -0.3 is 10.1 Å². The highest BCUT2D eigenvalue weighted by Crippen LogP contribution is 2.19. The molecule has 0 fully saturated rings. The van der Waals surface area contributed by atoms with Crippen LogP contribution in [0, 0.1) is 5.92 Å². The molecular formula is C10H18F3NO2. The quantitative estimate of drug-likeness (QED) is 0.690. The first kappa shape index (κ1) is 15.2. The minimum absolute atomic E-state index is 0.215. The molecule has 0 saturated carbocycles. The van der Waals surface area contributed by atoms with E-state index in [9.17, 15) is 18.0 Å². The summed E-state index contributed by atoms with van der Waals surface area (Å²) < 4.78 is 42.7. The molecule has 0 aliphatic carbocycles. The third-order valence-corrected chi connectivity index (χ3v) is 2.06. The van der Waals surface area contributed by atoms with Crippen LogP contribution in [0.5, 0.6) is 0 Å². The van der Waals surface area contributed by atoms with Gasteiger partial charge in [0, 0.05) is 6.92 Å². The van der Waals surface area contributed by atoms with Crippen LogP contribution in [0.3, 0.4) is 0 Å². The van der Waals surface area contributed by atoms with Gasteiger partial charge in [0.25, 0.3) is 0 Å². The number of carbonyl (C=O) groups excluding carboxylic acids is 1. The summed E-state index contributed by atoms with van der Waals surface area (Å²) >= 11 is 0. The van der Waals surface area contributed by atoms with E-state index in [2.05, 4.69) is 5.32 Å². The van der Waals surface area contributed by atoms with Gasteiger partial charge in [-0.1, -0.05) is 13.8 Å². The SMILES string of the molecule is CC(=O)NC(OC(CF)(CF)CF)C(C)C. The fraction of sp³-hybridized carbons (Fsp3) is 0.900. The molecule has 1 amide bonds. The molecule has 0 saturated heterocycles. The molecule has 1 unspecified atom stereocenters. The Morgan fingerprint density at radius 3 is 1.94 bits per heavy atom. The maximum absolute atomic E-state index is 12.6. The monoisotopic (exact) mass is 241 g/mol. The second kappa shape index (κ2) is 6.73. The molecule has 0 radical (unpaired) electrons. The Labute approximate surface area is 93.3 Å². The van der Waals surface area contributed by atoms with Gasteiger partial charge in [-0.15, -0.1) is 0 Å². The molecule has 0 aromatic rings. The normalized spacial score (nSPS) is 13.9. The number of amides is 1. The lowest BCUT2D eigenvalue weighted by atomic mass is 10.1. The summed E-state index contributed by atoms with van der Waals surface area (Å²) in [7, 11) is 0. The lowest BCUT2D eigenvalue weighted by Crippen LogP contribution is -2.50. The van der Waals surface area contributed by atoms with Crippen molar-refractivity contribution in [3.8, 4) is 0 Å². The Kier molecular flexibility index (Phi) is 6.40.